The third-order valence-electron chi connectivity index (χ3n) is 3.14. The molecule has 3 aromatic rings. The Kier molecular flexibility index (Phi) is 3.74. The standard InChI is InChI=1S/C14H16N4O2S/c1-9(2)12-11(16-8-20-12)13(19)15-4-3-10-7-18-5-6-21-14(18)17-10/h5-9H,3-4H2,1-2H3,(H,15,19). The summed E-state index contributed by atoms with van der Waals surface area (Å²) in [5.41, 5.74) is 1.34. The molecular formula is C14H16N4O2S. The van der Waals surface area contributed by atoms with E-state index in [4.69, 9.17) is 4.42 Å². The third-order valence-corrected chi connectivity index (χ3v) is 3.91. The van der Waals surface area contributed by atoms with Crippen LogP contribution in [0.25, 0.3) is 4.96 Å². The molecule has 0 bridgehead atoms. The number of oxazole rings is 1. The highest BCUT2D eigenvalue weighted by Gasteiger charge is 2.18. The molecule has 110 valence electrons. The number of carbonyl (C=O) groups excluding carboxylic acids is 1. The maximum Gasteiger partial charge on any atom is 0.273 e. The first-order valence-electron chi connectivity index (χ1n) is 6.78. The Hall–Kier alpha value is -2.15. The van der Waals surface area contributed by atoms with Crippen molar-refractivity contribution in [3.63, 3.8) is 0 Å². The Morgan fingerprint density at radius 2 is 2.38 bits per heavy atom. The molecule has 0 atom stereocenters. The van der Waals surface area contributed by atoms with E-state index >= 15 is 0 Å². The summed E-state index contributed by atoms with van der Waals surface area (Å²) in [4.78, 5) is 21.5. The summed E-state index contributed by atoms with van der Waals surface area (Å²) in [5, 5.41) is 4.85. The predicted octanol–water partition coefficient (Wildman–Crippen LogP) is 2.48. The van der Waals surface area contributed by atoms with Crippen LogP contribution >= 0.6 is 11.3 Å². The summed E-state index contributed by atoms with van der Waals surface area (Å²) in [6.07, 6.45) is 5.95. The van der Waals surface area contributed by atoms with Crippen LogP contribution in [0.15, 0.2) is 28.6 Å². The lowest BCUT2D eigenvalue weighted by molar-refractivity contribution is 0.0947. The van der Waals surface area contributed by atoms with E-state index in [1.54, 1.807) is 11.3 Å². The van der Waals surface area contributed by atoms with E-state index in [1.165, 1.54) is 6.39 Å². The zero-order valence-electron chi connectivity index (χ0n) is 11.9. The van der Waals surface area contributed by atoms with Gasteiger partial charge in [0, 0.05) is 36.7 Å². The van der Waals surface area contributed by atoms with Gasteiger partial charge in [-0.3, -0.25) is 9.20 Å². The Balaban J connectivity index is 1.58. The van der Waals surface area contributed by atoms with Gasteiger partial charge in [-0.2, -0.15) is 0 Å². The molecule has 0 unspecified atom stereocenters. The summed E-state index contributed by atoms with van der Waals surface area (Å²) in [6, 6.07) is 0. The van der Waals surface area contributed by atoms with Crippen molar-refractivity contribution in [2.75, 3.05) is 6.54 Å². The number of rotatable bonds is 5. The van der Waals surface area contributed by atoms with E-state index in [9.17, 15) is 4.79 Å². The fraction of sp³-hybridized carbons (Fsp3) is 0.357. The van der Waals surface area contributed by atoms with Gasteiger partial charge < -0.3 is 9.73 Å². The van der Waals surface area contributed by atoms with Gasteiger partial charge in [0.25, 0.3) is 5.91 Å². The van der Waals surface area contributed by atoms with Crippen LogP contribution in [0.2, 0.25) is 0 Å². The fourth-order valence-electron chi connectivity index (χ4n) is 2.12. The van der Waals surface area contributed by atoms with Crippen LogP contribution in [0.1, 0.15) is 41.7 Å². The molecule has 0 radical (unpaired) electrons. The van der Waals surface area contributed by atoms with Gasteiger partial charge in [0.15, 0.2) is 17.0 Å². The Morgan fingerprint density at radius 3 is 3.14 bits per heavy atom. The van der Waals surface area contributed by atoms with Crippen LogP contribution in [0.3, 0.4) is 0 Å². The summed E-state index contributed by atoms with van der Waals surface area (Å²) < 4.78 is 7.24. The van der Waals surface area contributed by atoms with E-state index in [0.717, 1.165) is 10.7 Å². The second-order valence-corrected chi connectivity index (χ2v) is 5.92. The Labute approximate surface area is 125 Å². The Morgan fingerprint density at radius 1 is 1.52 bits per heavy atom. The van der Waals surface area contributed by atoms with Crippen LogP contribution in [0.4, 0.5) is 0 Å². The van der Waals surface area contributed by atoms with E-state index in [2.05, 4.69) is 15.3 Å². The van der Waals surface area contributed by atoms with E-state index in [-0.39, 0.29) is 11.8 Å². The summed E-state index contributed by atoms with van der Waals surface area (Å²) >= 11 is 1.59. The summed E-state index contributed by atoms with van der Waals surface area (Å²) in [6.45, 7) is 4.46. The molecule has 0 spiro atoms. The molecule has 7 heteroatoms. The SMILES string of the molecule is CC(C)c1ocnc1C(=O)NCCc1cn2ccsc2n1. The number of imidazole rings is 1. The molecule has 0 aliphatic heterocycles. The second kappa shape index (κ2) is 5.69. The quantitative estimate of drug-likeness (QED) is 0.786. The van der Waals surface area contributed by atoms with Crippen LogP contribution in [-0.2, 0) is 6.42 Å². The van der Waals surface area contributed by atoms with Crippen LogP contribution in [0.5, 0.6) is 0 Å². The average molecular weight is 304 g/mol. The highest BCUT2D eigenvalue weighted by atomic mass is 32.1. The van der Waals surface area contributed by atoms with Crippen molar-refractivity contribution in [2.24, 2.45) is 0 Å². The van der Waals surface area contributed by atoms with E-state index in [0.29, 0.717) is 24.4 Å². The van der Waals surface area contributed by atoms with Crippen molar-refractivity contribution >= 4 is 22.2 Å². The third kappa shape index (κ3) is 2.82. The van der Waals surface area contributed by atoms with Crippen molar-refractivity contribution in [1.29, 1.82) is 0 Å². The number of thiazole rings is 1. The van der Waals surface area contributed by atoms with Gasteiger partial charge in [0.2, 0.25) is 0 Å². The number of fused-ring (bicyclic) bond motifs is 1. The van der Waals surface area contributed by atoms with Gasteiger partial charge >= 0.3 is 0 Å². The number of hydrogen-bond donors (Lipinski definition) is 1. The fourth-order valence-corrected chi connectivity index (χ4v) is 2.84. The normalized spacial score (nSPS) is 11.4. The minimum atomic E-state index is -0.200. The second-order valence-electron chi connectivity index (χ2n) is 5.05. The lowest BCUT2D eigenvalue weighted by atomic mass is 10.1. The first-order valence-corrected chi connectivity index (χ1v) is 7.65. The lowest BCUT2D eigenvalue weighted by Gasteiger charge is -2.05. The van der Waals surface area contributed by atoms with Gasteiger partial charge in [0.05, 0.1) is 5.69 Å². The van der Waals surface area contributed by atoms with Crippen molar-refractivity contribution in [3.8, 4) is 0 Å². The predicted molar refractivity (Wildman–Crippen MR) is 79.7 cm³/mol. The number of nitrogens with one attached hydrogen (secondary N) is 1. The van der Waals surface area contributed by atoms with Crippen molar-refractivity contribution in [1.82, 2.24) is 19.7 Å². The molecule has 0 aliphatic carbocycles. The Bertz CT molecular complexity index is 727. The van der Waals surface area contributed by atoms with Gasteiger partial charge in [-0.1, -0.05) is 13.8 Å². The molecule has 0 aromatic carbocycles. The molecule has 1 amide bonds. The molecule has 3 heterocycles. The highest BCUT2D eigenvalue weighted by Crippen LogP contribution is 2.18. The first kappa shape index (κ1) is 13.8. The van der Waals surface area contributed by atoms with Gasteiger partial charge in [-0.25, -0.2) is 9.97 Å². The maximum absolute atomic E-state index is 12.1. The van der Waals surface area contributed by atoms with Crippen molar-refractivity contribution in [3.05, 3.63) is 41.3 Å². The summed E-state index contributed by atoms with van der Waals surface area (Å²) in [5.74, 6) is 0.552. The molecule has 3 aromatic heterocycles. The summed E-state index contributed by atoms with van der Waals surface area (Å²) in [7, 11) is 0. The number of aromatic nitrogens is 3. The molecule has 1 N–H and O–H groups in total. The minimum absolute atomic E-state index is 0.133. The number of carbonyl (C=O) groups is 1. The molecular weight excluding hydrogens is 288 g/mol. The van der Waals surface area contributed by atoms with Gasteiger partial charge in [-0.05, 0) is 0 Å². The topological polar surface area (TPSA) is 72.4 Å². The largest absolute Gasteiger partial charge is 0.447 e. The highest BCUT2D eigenvalue weighted by molar-refractivity contribution is 7.15. The molecule has 0 aliphatic rings. The number of nitrogens with zero attached hydrogens (tertiary/aromatic N) is 3. The minimum Gasteiger partial charge on any atom is -0.447 e. The maximum atomic E-state index is 12.1. The van der Waals surface area contributed by atoms with Gasteiger partial charge in [0.1, 0.15) is 5.76 Å². The zero-order valence-corrected chi connectivity index (χ0v) is 12.7. The van der Waals surface area contributed by atoms with Gasteiger partial charge in [-0.15, -0.1) is 11.3 Å². The molecule has 6 nitrogen and oxygen atoms in total. The van der Waals surface area contributed by atoms with E-state index < -0.39 is 0 Å². The monoisotopic (exact) mass is 304 g/mol. The molecule has 0 saturated heterocycles. The van der Waals surface area contributed by atoms with Crippen LogP contribution < -0.4 is 5.32 Å². The average Bonchev–Trinajstić information content (AvgIpc) is 3.13. The first-order chi connectivity index (χ1) is 10.1. The van der Waals surface area contributed by atoms with E-state index in [1.807, 2.05) is 36.0 Å². The number of hydrogen-bond acceptors (Lipinski definition) is 5. The lowest BCUT2D eigenvalue weighted by Crippen LogP contribution is -2.27. The molecule has 0 saturated carbocycles. The molecule has 3 rings (SSSR count). The van der Waals surface area contributed by atoms with Crippen molar-refractivity contribution in [2.45, 2.75) is 26.2 Å². The van der Waals surface area contributed by atoms with Crippen LogP contribution in [-0.4, -0.2) is 26.8 Å². The zero-order chi connectivity index (χ0) is 14.8. The van der Waals surface area contributed by atoms with Crippen molar-refractivity contribution < 1.29 is 9.21 Å². The molecule has 0 fully saturated rings. The smallest absolute Gasteiger partial charge is 0.273 e. The molecule has 21 heavy (non-hydrogen) atoms. The number of amides is 1. The van der Waals surface area contributed by atoms with Crippen LogP contribution in [0, 0.1) is 0 Å².